The number of aryl methyl sites for hydroxylation is 2. The minimum Gasteiger partial charge on any atom is -0.461 e. The summed E-state index contributed by atoms with van der Waals surface area (Å²) in [6.07, 6.45) is 5.07. The maximum atomic E-state index is 12.5. The molecule has 4 rings (SSSR count). The number of hydrogen-bond donors (Lipinski definition) is 0. The lowest BCUT2D eigenvalue weighted by atomic mass is 10.2. The van der Waals surface area contributed by atoms with E-state index in [1.807, 2.05) is 30.3 Å². The molecule has 0 radical (unpaired) electrons. The van der Waals surface area contributed by atoms with Gasteiger partial charge in [-0.2, -0.15) is 0 Å². The van der Waals surface area contributed by atoms with Crippen LogP contribution < -0.4 is 11.2 Å². The van der Waals surface area contributed by atoms with Gasteiger partial charge >= 0.3 is 5.69 Å². The molecule has 0 aliphatic rings. The molecule has 0 N–H and O–H groups in total. The van der Waals surface area contributed by atoms with Crippen molar-refractivity contribution in [2.24, 2.45) is 7.05 Å². The van der Waals surface area contributed by atoms with Crippen molar-refractivity contribution in [1.29, 1.82) is 0 Å². The number of nitrogens with zero attached hydrogens (tertiary/aromatic N) is 4. The maximum Gasteiger partial charge on any atom is 0.332 e. The highest BCUT2D eigenvalue weighted by atomic mass is 16.3. The van der Waals surface area contributed by atoms with Crippen molar-refractivity contribution in [3.8, 4) is 0 Å². The molecule has 26 heavy (non-hydrogen) atoms. The van der Waals surface area contributed by atoms with E-state index in [0.29, 0.717) is 24.0 Å². The Morgan fingerprint density at radius 1 is 1.15 bits per heavy atom. The molecule has 0 aliphatic heterocycles. The van der Waals surface area contributed by atoms with Crippen molar-refractivity contribution in [3.63, 3.8) is 0 Å². The van der Waals surface area contributed by atoms with E-state index in [-0.39, 0.29) is 11.2 Å². The Morgan fingerprint density at radius 2 is 2.00 bits per heavy atom. The molecule has 7 nitrogen and oxygen atoms in total. The molecule has 0 fully saturated rings. The van der Waals surface area contributed by atoms with E-state index in [4.69, 9.17) is 4.42 Å². The molecular weight excluding hydrogens is 332 g/mol. The summed E-state index contributed by atoms with van der Waals surface area (Å²) >= 11 is 0. The SMILES string of the molecule is Cn1c(=O)n(CCCCc2cc3ccccc3o2)c(=O)c2cncnc21. The van der Waals surface area contributed by atoms with Gasteiger partial charge in [0.1, 0.15) is 23.1 Å². The Kier molecular flexibility index (Phi) is 4.12. The predicted octanol–water partition coefficient (Wildman–Crippen LogP) is 2.26. The second kappa shape index (κ2) is 6.59. The fraction of sp³-hybridized carbons (Fsp3) is 0.263. The number of benzene rings is 1. The monoisotopic (exact) mass is 350 g/mol. The minimum absolute atomic E-state index is 0.340. The zero-order valence-corrected chi connectivity index (χ0v) is 14.4. The summed E-state index contributed by atoms with van der Waals surface area (Å²) in [5.41, 5.74) is 0.535. The molecule has 0 spiro atoms. The third kappa shape index (κ3) is 2.81. The average molecular weight is 350 g/mol. The molecule has 132 valence electrons. The van der Waals surface area contributed by atoms with Crippen LogP contribution in [0.2, 0.25) is 0 Å². The minimum atomic E-state index is -0.357. The van der Waals surface area contributed by atoms with Crippen molar-refractivity contribution in [3.05, 3.63) is 69.5 Å². The predicted molar refractivity (Wildman–Crippen MR) is 98.2 cm³/mol. The Morgan fingerprint density at radius 3 is 2.85 bits per heavy atom. The summed E-state index contributed by atoms with van der Waals surface area (Å²) in [4.78, 5) is 32.9. The first-order valence-electron chi connectivity index (χ1n) is 8.52. The van der Waals surface area contributed by atoms with Crippen LogP contribution in [0.25, 0.3) is 22.0 Å². The number of fused-ring (bicyclic) bond motifs is 2. The Hall–Kier alpha value is -3.22. The molecule has 4 aromatic rings. The number of furan rings is 1. The molecule has 0 saturated carbocycles. The summed E-state index contributed by atoms with van der Waals surface area (Å²) in [5.74, 6) is 0.915. The average Bonchev–Trinajstić information content (AvgIpc) is 3.08. The summed E-state index contributed by atoms with van der Waals surface area (Å²) in [6, 6.07) is 9.92. The largest absolute Gasteiger partial charge is 0.461 e. The maximum absolute atomic E-state index is 12.5. The first-order chi connectivity index (χ1) is 12.6. The summed E-state index contributed by atoms with van der Waals surface area (Å²) < 4.78 is 8.43. The molecule has 0 atom stereocenters. The van der Waals surface area contributed by atoms with Crippen LogP contribution in [-0.4, -0.2) is 19.1 Å². The highest BCUT2D eigenvalue weighted by Gasteiger charge is 2.11. The van der Waals surface area contributed by atoms with E-state index >= 15 is 0 Å². The first kappa shape index (κ1) is 16.3. The molecule has 0 aliphatic carbocycles. The molecule has 3 aromatic heterocycles. The number of aromatic nitrogens is 4. The van der Waals surface area contributed by atoms with E-state index < -0.39 is 0 Å². The van der Waals surface area contributed by atoms with Gasteiger partial charge in [-0.25, -0.2) is 14.8 Å². The van der Waals surface area contributed by atoms with E-state index in [2.05, 4.69) is 9.97 Å². The Labute approximate surface area is 148 Å². The van der Waals surface area contributed by atoms with Gasteiger partial charge < -0.3 is 4.42 Å². The van der Waals surface area contributed by atoms with Gasteiger partial charge in [-0.1, -0.05) is 18.2 Å². The Bertz CT molecular complexity index is 1170. The van der Waals surface area contributed by atoms with E-state index in [0.717, 1.165) is 29.6 Å². The van der Waals surface area contributed by atoms with Gasteiger partial charge in [0.15, 0.2) is 5.65 Å². The smallest absolute Gasteiger partial charge is 0.332 e. The van der Waals surface area contributed by atoms with Crippen LogP contribution in [0, 0.1) is 0 Å². The normalized spacial score (nSPS) is 11.4. The van der Waals surface area contributed by atoms with Crippen LogP contribution in [0.1, 0.15) is 18.6 Å². The van der Waals surface area contributed by atoms with Gasteiger partial charge in [-0.3, -0.25) is 13.9 Å². The molecular formula is C19H18N4O3. The zero-order valence-electron chi connectivity index (χ0n) is 14.4. The topological polar surface area (TPSA) is 82.9 Å². The fourth-order valence-electron chi connectivity index (χ4n) is 3.17. The number of unbranched alkanes of at least 4 members (excludes halogenated alkanes) is 1. The van der Waals surface area contributed by atoms with E-state index in [1.165, 1.54) is 21.7 Å². The van der Waals surface area contributed by atoms with Crippen LogP contribution in [0.15, 0.2) is 56.9 Å². The summed E-state index contributed by atoms with van der Waals surface area (Å²) in [5, 5.41) is 1.44. The second-order valence-electron chi connectivity index (χ2n) is 6.27. The first-order valence-corrected chi connectivity index (χ1v) is 8.52. The fourth-order valence-corrected chi connectivity index (χ4v) is 3.17. The summed E-state index contributed by atoms with van der Waals surface area (Å²) in [6.45, 7) is 0.358. The van der Waals surface area contributed by atoms with Gasteiger partial charge in [-0.05, 0) is 25.0 Å². The molecule has 0 bridgehead atoms. The molecule has 0 saturated heterocycles. The van der Waals surface area contributed by atoms with E-state index in [1.54, 1.807) is 7.05 Å². The zero-order chi connectivity index (χ0) is 18.1. The molecule has 1 aromatic carbocycles. The van der Waals surface area contributed by atoms with Crippen LogP contribution >= 0.6 is 0 Å². The molecule has 3 heterocycles. The van der Waals surface area contributed by atoms with Crippen molar-refractivity contribution in [1.82, 2.24) is 19.1 Å². The van der Waals surface area contributed by atoms with Gasteiger partial charge in [0.05, 0.1) is 0 Å². The molecule has 7 heteroatoms. The number of rotatable bonds is 5. The third-order valence-corrected chi connectivity index (χ3v) is 4.53. The lowest BCUT2D eigenvalue weighted by Gasteiger charge is -2.09. The lowest BCUT2D eigenvalue weighted by Crippen LogP contribution is -2.39. The standard InChI is InChI=1S/C19H18N4O3/c1-22-17-15(11-20-12-21-17)18(24)23(19(22)25)9-5-4-7-14-10-13-6-2-3-8-16(13)26-14/h2-3,6,8,10-12H,4-5,7,9H2,1H3. The summed E-state index contributed by atoms with van der Waals surface area (Å²) in [7, 11) is 1.61. The number of para-hydroxylation sites is 1. The lowest BCUT2D eigenvalue weighted by molar-refractivity contribution is 0.507. The van der Waals surface area contributed by atoms with Gasteiger partial charge in [0.2, 0.25) is 0 Å². The van der Waals surface area contributed by atoms with Crippen molar-refractivity contribution in [2.45, 2.75) is 25.8 Å². The number of hydrogen-bond acceptors (Lipinski definition) is 5. The highest BCUT2D eigenvalue weighted by Crippen LogP contribution is 2.20. The van der Waals surface area contributed by atoms with Crippen LogP contribution in [0.4, 0.5) is 0 Å². The molecule has 0 unspecified atom stereocenters. The van der Waals surface area contributed by atoms with Gasteiger partial charge in [0, 0.05) is 31.6 Å². The molecule has 0 amide bonds. The third-order valence-electron chi connectivity index (χ3n) is 4.53. The van der Waals surface area contributed by atoms with Crippen molar-refractivity contribution in [2.75, 3.05) is 0 Å². The van der Waals surface area contributed by atoms with Crippen LogP contribution in [0.3, 0.4) is 0 Å². The Balaban J connectivity index is 1.49. The van der Waals surface area contributed by atoms with Crippen LogP contribution in [0.5, 0.6) is 0 Å². The van der Waals surface area contributed by atoms with Crippen molar-refractivity contribution >= 4 is 22.0 Å². The van der Waals surface area contributed by atoms with Crippen molar-refractivity contribution < 1.29 is 4.42 Å². The quantitative estimate of drug-likeness (QED) is 0.516. The van der Waals surface area contributed by atoms with Gasteiger partial charge in [-0.15, -0.1) is 0 Å². The highest BCUT2D eigenvalue weighted by molar-refractivity contribution is 5.77. The second-order valence-corrected chi connectivity index (χ2v) is 6.27. The van der Waals surface area contributed by atoms with E-state index in [9.17, 15) is 9.59 Å². The van der Waals surface area contributed by atoms with Crippen LogP contribution in [-0.2, 0) is 20.0 Å². The van der Waals surface area contributed by atoms with Gasteiger partial charge in [0.25, 0.3) is 5.56 Å².